The predicted molar refractivity (Wildman–Crippen MR) is 51.9 cm³/mol. The smallest absolute Gasteiger partial charge is 0.253 e. The average molecular weight is 199 g/mol. The normalized spacial score (nSPS) is 23.1. The largest absolute Gasteiger partial charge is 0.333 e. The van der Waals surface area contributed by atoms with Gasteiger partial charge >= 0.3 is 0 Å². The first-order valence-corrected chi connectivity index (χ1v) is 4.90. The number of nitrogens with two attached hydrogens (primary N) is 1. The van der Waals surface area contributed by atoms with Crippen molar-refractivity contribution in [2.75, 3.05) is 13.1 Å². The molecule has 1 atom stereocenters. The van der Waals surface area contributed by atoms with Crippen LogP contribution in [0.1, 0.15) is 26.2 Å². The van der Waals surface area contributed by atoms with Gasteiger partial charge in [-0.3, -0.25) is 15.0 Å². The van der Waals surface area contributed by atoms with Crippen molar-refractivity contribution >= 4 is 11.8 Å². The van der Waals surface area contributed by atoms with Crippen LogP contribution in [0.2, 0.25) is 0 Å². The number of nitrogens with one attached hydrogen (secondary N) is 1. The highest BCUT2D eigenvalue weighted by Crippen LogP contribution is 2.16. The van der Waals surface area contributed by atoms with Gasteiger partial charge in [-0.05, 0) is 18.8 Å². The third-order valence-electron chi connectivity index (χ3n) is 2.59. The minimum absolute atomic E-state index is 0.0537. The molecule has 0 saturated carbocycles. The second kappa shape index (κ2) is 4.95. The van der Waals surface area contributed by atoms with Gasteiger partial charge in [-0.2, -0.15) is 0 Å². The van der Waals surface area contributed by atoms with Gasteiger partial charge in [0.05, 0.1) is 0 Å². The van der Waals surface area contributed by atoms with Crippen LogP contribution in [0.3, 0.4) is 0 Å². The summed E-state index contributed by atoms with van der Waals surface area (Å²) < 4.78 is 0. The lowest BCUT2D eigenvalue weighted by atomic mass is 10.0. The Kier molecular flexibility index (Phi) is 3.88. The Bertz CT molecular complexity index is 230. The fourth-order valence-corrected chi connectivity index (χ4v) is 1.56. The molecule has 14 heavy (non-hydrogen) atoms. The van der Waals surface area contributed by atoms with Gasteiger partial charge in [-0.15, -0.1) is 0 Å². The summed E-state index contributed by atoms with van der Waals surface area (Å²) in [7, 11) is 0. The molecule has 1 saturated heterocycles. The lowest BCUT2D eigenvalue weighted by molar-refractivity contribution is -0.135. The van der Waals surface area contributed by atoms with Crippen LogP contribution < -0.4 is 11.3 Å². The number of carbonyl (C=O) groups is 2. The summed E-state index contributed by atoms with van der Waals surface area (Å²) in [6.07, 6.45) is 2.42. The summed E-state index contributed by atoms with van der Waals surface area (Å²) in [5, 5.41) is 0. The van der Waals surface area contributed by atoms with E-state index in [1.54, 1.807) is 4.90 Å². The molecule has 0 spiro atoms. The summed E-state index contributed by atoms with van der Waals surface area (Å²) >= 11 is 0. The molecule has 0 aromatic rings. The van der Waals surface area contributed by atoms with E-state index >= 15 is 0 Å². The van der Waals surface area contributed by atoms with Crippen molar-refractivity contribution in [2.45, 2.75) is 26.2 Å². The van der Waals surface area contributed by atoms with Crippen LogP contribution in [0.15, 0.2) is 0 Å². The highest BCUT2D eigenvalue weighted by atomic mass is 16.2. The van der Waals surface area contributed by atoms with Gasteiger partial charge in [-0.1, -0.05) is 6.92 Å². The Labute approximate surface area is 83.6 Å². The van der Waals surface area contributed by atoms with Crippen LogP contribution in [0, 0.1) is 5.92 Å². The number of hydrogen-bond acceptors (Lipinski definition) is 3. The van der Waals surface area contributed by atoms with Crippen LogP contribution in [0.4, 0.5) is 0 Å². The molecule has 5 heteroatoms. The lowest BCUT2D eigenvalue weighted by Gasteiger charge is -2.19. The van der Waals surface area contributed by atoms with Gasteiger partial charge in [0, 0.05) is 13.0 Å². The Morgan fingerprint density at radius 3 is 3.00 bits per heavy atom. The summed E-state index contributed by atoms with van der Waals surface area (Å²) in [5.74, 6) is 5.27. The molecule has 1 aliphatic heterocycles. The fourth-order valence-electron chi connectivity index (χ4n) is 1.56. The first-order chi connectivity index (χ1) is 6.63. The van der Waals surface area contributed by atoms with E-state index in [-0.39, 0.29) is 18.4 Å². The molecule has 0 bridgehead atoms. The molecule has 1 rings (SSSR count). The molecular formula is C9H17N3O2. The first kappa shape index (κ1) is 11.0. The van der Waals surface area contributed by atoms with E-state index in [4.69, 9.17) is 5.84 Å². The maximum atomic E-state index is 11.5. The highest BCUT2D eigenvalue weighted by Gasteiger charge is 2.21. The molecule has 5 nitrogen and oxygen atoms in total. The zero-order valence-corrected chi connectivity index (χ0v) is 8.45. The SMILES string of the molecule is CC1CCC(=O)N(CC(=O)NN)CC1. The van der Waals surface area contributed by atoms with Gasteiger partial charge < -0.3 is 4.90 Å². The predicted octanol–water partition coefficient (Wildman–Crippen LogP) is -0.375. The molecule has 2 amide bonds. The second-order valence-corrected chi connectivity index (χ2v) is 3.82. The number of likely N-dealkylation sites (tertiary alicyclic amines) is 1. The molecule has 0 aromatic heterocycles. The molecule has 80 valence electrons. The van der Waals surface area contributed by atoms with E-state index in [0.717, 1.165) is 12.8 Å². The quantitative estimate of drug-likeness (QED) is 0.362. The van der Waals surface area contributed by atoms with Crippen molar-refractivity contribution in [2.24, 2.45) is 11.8 Å². The summed E-state index contributed by atoms with van der Waals surface area (Å²) in [5.41, 5.74) is 2.03. The van der Waals surface area contributed by atoms with Crippen molar-refractivity contribution in [1.82, 2.24) is 10.3 Å². The fraction of sp³-hybridized carbons (Fsp3) is 0.778. The zero-order chi connectivity index (χ0) is 10.6. The van der Waals surface area contributed by atoms with Crippen LogP contribution in [-0.2, 0) is 9.59 Å². The van der Waals surface area contributed by atoms with Crippen LogP contribution in [-0.4, -0.2) is 29.8 Å². The molecule has 0 aromatic carbocycles. The zero-order valence-electron chi connectivity index (χ0n) is 8.45. The summed E-state index contributed by atoms with van der Waals surface area (Å²) in [6.45, 7) is 2.87. The third-order valence-corrected chi connectivity index (χ3v) is 2.59. The monoisotopic (exact) mass is 199 g/mol. The number of hydrogen-bond donors (Lipinski definition) is 2. The molecular weight excluding hydrogens is 182 g/mol. The Hall–Kier alpha value is -1.10. The van der Waals surface area contributed by atoms with E-state index in [1.807, 2.05) is 5.43 Å². The van der Waals surface area contributed by atoms with Crippen molar-refractivity contribution in [1.29, 1.82) is 0 Å². The van der Waals surface area contributed by atoms with Gasteiger partial charge in [0.25, 0.3) is 5.91 Å². The average Bonchev–Trinajstić information content (AvgIpc) is 2.33. The van der Waals surface area contributed by atoms with Gasteiger partial charge in [0.15, 0.2) is 0 Å². The summed E-state index contributed by atoms with van der Waals surface area (Å²) in [6, 6.07) is 0. The Morgan fingerprint density at radius 1 is 1.64 bits per heavy atom. The van der Waals surface area contributed by atoms with Crippen LogP contribution in [0.5, 0.6) is 0 Å². The maximum Gasteiger partial charge on any atom is 0.253 e. The van der Waals surface area contributed by atoms with Gasteiger partial charge in [0.2, 0.25) is 5.91 Å². The molecule has 3 N–H and O–H groups in total. The standard InChI is InChI=1S/C9H17N3O2/c1-7-2-3-9(14)12(5-4-7)6-8(13)11-10/h7H,2-6,10H2,1H3,(H,11,13). The molecule has 1 fully saturated rings. The Balaban J connectivity index is 2.49. The maximum absolute atomic E-state index is 11.5. The molecule has 1 heterocycles. The number of nitrogens with zero attached hydrogens (tertiary/aromatic N) is 1. The van der Waals surface area contributed by atoms with E-state index in [2.05, 4.69) is 6.92 Å². The molecule has 0 radical (unpaired) electrons. The van der Waals surface area contributed by atoms with E-state index in [0.29, 0.717) is 18.9 Å². The van der Waals surface area contributed by atoms with Crippen molar-refractivity contribution < 1.29 is 9.59 Å². The molecule has 0 aliphatic carbocycles. The van der Waals surface area contributed by atoms with Crippen molar-refractivity contribution in [3.05, 3.63) is 0 Å². The van der Waals surface area contributed by atoms with Crippen molar-refractivity contribution in [3.8, 4) is 0 Å². The lowest BCUT2D eigenvalue weighted by Crippen LogP contribution is -2.42. The number of amides is 2. The minimum atomic E-state index is -0.312. The highest BCUT2D eigenvalue weighted by molar-refractivity contribution is 5.84. The van der Waals surface area contributed by atoms with E-state index in [9.17, 15) is 9.59 Å². The van der Waals surface area contributed by atoms with Gasteiger partial charge in [0.1, 0.15) is 6.54 Å². The van der Waals surface area contributed by atoms with Gasteiger partial charge in [-0.25, -0.2) is 5.84 Å². The summed E-state index contributed by atoms with van der Waals surface area (Å²) in [4.78, 5) is 24.1. The van der Waals surface area contributed by atoms with Crippen LogP contribution in [0.25, 0.3) is 0 Å². The Morgan fingerprint density at radius 2 is 2.36 bits per heavy atom. The minimum Gasteiger partial charge on any atom is -0.333 e. The first-order valence-electron chi connectivity index (χ1n) is 4.90. The van der Waals surface area contributed by atoms with Crippen LogP contribution >= 0.6 is 0 Å². The molecule has 1 aliphatic rings. The second-order valence-electron chi connectivity index (χ2n) is 3.82. The van der Waals surface area contributed by atoms with E-state index in [1.165, 1.54) is 0 Å². The third kappa shape index (κ3) is 2.99. The molecule has 1 unspecified atom stereocenters. The topological polar surface area (TPSA) is 75.4 Å². The number of rotatable bonds is 2. The number of carbonyl (C=O) groups excluding carboxylic acids is 2. The van der Waals surface area contributed by atoms with E-state index < -0.39 is 0 Å². The number of hydrazine groups is 1. The van der Waals surface area contributed by atoms with Crippen molar-refractivity contribution in [3.63, 3.8) is 0 Å².